The minimum Gasteiger partial charge on any atom is -0.369 e. The highest BCUT2D eigenvalue weighted by molar-refractivity contribution is 6.06. The van der Waals surface area contributed by atoms with Crippen molar-refractivity contribution >= 4 is 21.7 Å². The molecule has 0 aliphatic carbocycles. The minimum absolute atomic E-state index is 0.00789. The summed E-state index contributed by atoms with van der Waals surface area (Å²) in [6.07, 6.45) is -11.9. The number of halogens is 6. The molecule has 144 valence electrons. The fourth-order valence-electron chi connectivity index (χ4n) is 3.13. The zero-order chi connectivity index (χ0) is 20.2. The Labute approximate surface area is 148 Å². The minimum atomic E-state index is -5.98. The van der Waals surface area contributed by atoms with Gasteiger partial charge in [-0.2, -0.15) is 26.3 Å². The first kappa shape index (κ1) is 19.2. The number of hydrogen-bond donors (Lipinski definition) is 2. The quantitative estimate of drug-likeness (QED) is 0.499. The highest BCUT2D eigenvalue weighted by Gasteiger charge is 2.71. The Balaban J connectivity index is 2.51. The molecule has 1 heterocycles. The number of benzene rings is 2. The van der Waals surface area contributed by atoms with Crippen molar-refractivity contribution in [2.75, 3.05) is 0 Å². The highest BCUT2D eigenvalue weighted by atomic mass is 19.4. The Kier molecular flexibility index (Phi) is 4.26. The Morgan fingerprint density at radius 3 is 2.00 bits per heavy atom. The first-order valence-electron chi connectivity index (χ1n) is 7.85. The number of H-pyrrole nitrogens is 1. The second-order valence-corrected chi connectivity index (χ2v) is 6.12. The van der Waals surface area contributed by atoms with Crippen LogP contribution in [0.15, 0.2) is 41.2 Å². The van der Waals surface area contributed by atoms with Gasteiger partial charge in [0.2, 0.25) is 0 Å². The van der Waals surface area contributed by atoms with Crippen molar-refractivity contribution in [3.63, 3.8) is 0 Å². The summed E-state index contributed by atoms with van der Waals surface area (Å²) in [6.45, 7) is 1.52. The van der Waals surface area contributed by atoms with Gasteiger partial charge in [-0.1, -0.05) is 31.2 Å². The van der Waals surface area contributed by atoms with E-state index in [1.54, 1.807) is 0 Å². The van der Waals surface area contributed by atoms with Crippen molar-refractivity contribution in [3.05, 3.63) is 57.9 Å². The number of hydrogen-bond acceptors (Lipinski definition) is 2. The van der Waals surface area contributed by atoms with Crippen molar-refractivity contribution in [1.29, 1.82) is 0 Å². The van der Waals surface area contributed by atoms with E-state index in [0.29, 0.717) is 12.1 Å². The van der Waals surface area contributed by atoms with Gasteiger partial charge in [0.25, 0.3) is 11.2 Å². The second kappa shape index (κ2) is 5.98. The number of rotatable bonds is 2. The molecule has 0 spiro atoms. The average Bonchev–Trinajstić information content (AvgIpc) is 2.58. The molecule has 0 atom stereocenters. The number of pyridine rings is 1. The molecule has 0 unspecified atom stereocenters. The van der Waals surface area contributed by atoms with Gasteiger partial charge in [-0.3, -0.25) is 4.79 Å². The van der Waals surface area contributed by atoms with Gasteiger partial charge in [-0.15, -0.1) is 0 Å². The zero-order valence-corrected chi connectivity index (χ0v) is 13.8. The molecule has 2 N–H and O–H groups in total. The van der Waals surface area contributed by atoms with Crippen LogP contribution in [0.5, 0.6) is 0 Å². The molecule has 2 aromatic carbocycles. The summed E-state index contributed by atoms with van der Waals surface area (Å²) in [5, 5.41) is 10.0. The third-order valence-corrected chi connectivity index (χ3v) is 4.54. The van der Waals surface area contributed by atoms with E-state index in [9.17, 15) is 36.2 Å². The second-order valence-electron chi connectivity index (χ2n) is 6.12. The summed E-state index contributed by atoms with van der Waals surface area (Å²) in [5.74, 6) is 0. The van der Waals surface area contributed by atoms with Crippen LogP contribution in [0.3, 0.4) is 0 Å². The van der Waals surface area contributed by atoms with Gasteiger partial charge >= 0.3 is 12.4 Å². The number of aromatic nitrogens is 1. The van der Waals surface area contributed by atoms with Crippen LogP contribution in [0.4, 0.5) is 26.3 Å². The number of nitrogens with one attached hydrogen (secondary N) is 1. The maximum absolute atomic E-state index is 13.3. The Morgan fingerprint density at radius 1 is 0.926 bits per heavy atom. The SMILES string of the molecule is CCc1cc(C(O)(C(F)(F)F)C(F)(F)F)cc2c1[nH]c(=O)c1ccccc12. The predicted octanol–water partition coefficient (Wildman–Crippen LogP) is 4.56. The average molecular weight is 389 g/mol. The first-order valence-corrected chi connectivity index (χ1v) is 7.85. The largest absolute Gasteiger partial charge is 0.430 e. The summed E-state index contributed by atoms with van der Waals surface area (Å²) >= 11 is 0. The molecule has 0 saturated carbocycles. The topological polar surface area (TPSA) is 53.1 Å². The third-order valence-electron chi connectivity index (χ3n) is 4.54. The summed E-state index contributed by atoms with van der Waals surface area (Å²) < 4.78 is 79.6. The summed E-state index contributed by atoms with van der Waals surface area (Å²) in [7, 11) is 0. The van der Waals surface area contributed by atoms with E-state index in [4.69, 9.17) is 0 Å². The van der Waals surface area contributed by atoms with Crippen molar-refractivity contribution in [2.24, 2.45) is 0 Å². The molecule has 27 heavy (non-hydrogen) atoms. The molecule has 0 aliphatic heterocycles. The molecule has 1 aromatic heterocycles. The van der Waals surface area contributed by atoms with Crippen molar-refractivity contribution in [3.8, 4) is 0 Å². The summed E-state index contributed by atoms with van der Waals surface area (Å²) in [6, 6.07) is 7.14. The van der Waals surface area contributed by atoms with Crippen molar-refractivity contribution in [2.45, 2.75) is 31.3 Å². The molecule has 3 nitrogen and oxygen atoms in total. The Morgan fingerprint density at radius 2 is 1.48 bits per heavy atom. The van der Waals surface area contributed by atoms with Crippen LogP contribution < -0.4 is 5.56 Å². The van der Waals surface area contributed by atoms with Gasteiger partial charge < -0.3 is 10.1 Å². The molecule has 3 aromatic rings. The lowest BCUT2D eigenvalue weighted by molar-refractivity contribution is -0.376. The lowest BCUT2D eigenvalue weighted by atomic mass is 9.88. The summed E-state index contributed by atoms with van der Waals surface area (Å²) in [4.78, 5) is 14.7. The molecule has 0 fully saturated rings. The van der Waals surface area contributed by atoms with Crippen LogP contribution in [-0.2, 0) is 12.0 Å². The fourth-order valence-corrected chi connectivity index (χ4v) is 3.13. The Bertz CT molecular complexity index is 1070. The van der Waals surface area contributed by atoms with Gasteiger partial charge in [0, 0.05) is 16.3 Å². The zero-order valence-electron chi connectivity index (χ0n) is 13.8. The molecule has 0 radical (unpaired) electrons. The Hall–Kier alpha value is -2.55. The van der Waals surface area contributed by atoms with E-state index in [-0.39, 0.29) is 33.7 Å². The lowest BCUT2D eigenvalue weighted by Crippen LogP contribution is -2.54. The van der Waals surface area contributed by atoms with Crippen LogP contribution in [0, 0.1) is 0 Å². The fraction of sp³-hybridized carbons (Fsp3) is 0.278. The van der Waals surface area contributed by atoms with E-state index in [1.165, 1.54) is 31.2 Å². The normalized spacial score (nSPS) is 13.5. The highest BCUT2D eigenvalue weighted by Crippen LogP contribution is 2.50. The van der Waals surface area contributed by atoms with E-state index in [2.05, 4.69) is 4.98 Å². The van der Waals surface area contributed by atoms with Crippen LogP contribution in [0.2, 0.25) is 0 Å². The van der Waals surface area contributed by atoms with Crippen molar-refractivity contribution in [1.82, 2.24) is 4.98 Å². The van der Waals surface area contributed by atoms with Gasteiger partial charge in [0.15, 0.2) is 0 Å². The van der Waals surface area contributed by atoms with E-state index in [0.717, 1.165) is 0 Å². The number of aliphatic hydroxyl groups is 1. The molecular weight excluding hydrogens is 376 g/mol. The van der Waals surface area contributed by atoms with Gasteiger partial charge in [-0.05, 0) is 29.5 Å². The number of aryl methyl sites for hydroxylation is 1. The van der Waals surface area contributed by atoms with Crippen LogP contribution in [0.25, 0.3) is 21.7 Å². The van der Waals surface area contributed by atoms with E-state index >= 15 is 0 Å². The molecule has 9 heteroatoms. The maximum Gasteiger partial charge on any atom is 0.430 e. The standard InChI is InChI=1S/C18H13F6NO2/c1-2-9-7-10(16(27,17(19,20)21)18(22,23)24)8-13-11-5-3-4-6-12(11)15(26)25-14(9)13/h3-8,27H,2H2,1H3,(H,25,26). The van der Waals surface area contributed by atoms with Gasteiger partial charge in [-0.25, -0.2) is 0 Å². The van der Waals surface area contributed by atoms with E-state index < -0.39 is 29.1 Å². The monoisotopic (exact) mass is 389 g/mol. The lowest BCUT2D eigenvalue weighted by Gasteiger charge is -2.33. The molecular formula is C18H13F6NO2. The third kappa shape index (κ3) is 2.77. The molecule has 0 aliphatic rings. The number of alkyl halides is 6. The van der Waals surface area contributed by atoms with Crippen LogP contribution in [-0.4, -0.2) is 22.4 Å². The smallest absolute Gasteiger partial charge is 0.369 e. The van der Waals surface area contributed by atoms with E-state index in [1.807, 2.05) is 0 Å². The first-order chi connectivity index (χ1) is 12.4. The van der Waals surface area contributed by atoms with Crippen LogP contribution >= 0.6 is 0 Å². The predicted molar refractivity (Wildman–Crippen MR) is 87.5 cm³/mol. The number of fused-ring (bicyclic) bond motifs is 3. The van der Waals surface area contributed by atoms with Crippen molar-refractivity contribution < 1.29 is 31.4 Å². The van der Waals surface area contributed by atoms with Crippen LogP contribution in [0.1, 0.15) is 18.1 Å². The molecule has 0 saturated heterocycles. The molecule has 0 bridgehead atoms. The number of aromatic amines is 1. The summed E-state index contributed by atoms with van der Waals surface area (Å²) in [5.41, 5.74) is -6.70. The molecule has 3 rings (SSSR count). The maximum atomic E-state index is 13.3. The molecule has 0 amide bonds. The van der Waals surface area contributed by atoms with Gasteiger partial charge in [0.1, 0.15) is 0 Å². The van der Waals surface area contributed by atoms with Gasteiger partial charge in [0.05, 0.1) is 5.52 Å².